The molecule has 3 rings (SSSR count). The molecule has 1 aliphatic rings. The predicted molar refractivity (Wildman–Crippen MR) is 78.7 cm³/mol. The molecule has 20 heavy (non-hydrogen) atoms. The van der Waals surface area contributed by atoms with E-state index in [2.05, 4.69) is 9.97 Å². The third kappa shape index (κ3) is 2.88. The summed E-state index contributed by atoms with van der Waals surface area (Å²) in [5.41, 5.74) is 3.01. The van der Waals surface area contributed by atoms with Crippen molar-refractivity contribution in [3.63, 3.8) is 0 Å². The Balaban J connectivity index is 1.63. The molecule has 2 aromatic rings. The van der Waals surface area contributed by atoms with Gasteiger partial charge in [-0.15, -0.1) is 11.3 Å². The number of hydrogen-bond donors (Lipinski definition) is 0. The Kier molecular flexibility index (Phi) is 4.06. The van der Waals surface area contributed by atoms with Gasteiger partial charge in [-0.1, -0.05) is 0 Å². The third-order valence-electron chi connectivity index (χ3n) is 3.80. The molecule has 1 aliphatic heterocycles. The van der Waals surface area contributed by atoms with Crippen molar-refractivity contribution in [2.24, 2.45) is 0 Å². The molecule has 3 heterocycles. The number of carbonyl (C=O) groups is 1. The van der Waals surface area contributed by atoms with Crippen molar-refractivity contribution in [2.45, 2.75) is 31.7 Å². The standard InChI is InChI=1S/C15H17N3OS/c19-15(14-10-17-11-20-14)18-9-1-2-13(18)4-3-12-5-7-16-8-6-12/h5-8,10-11,13H,1-4,9H2/t13-/m0/s1. The van der Waals surface area contributed by atoms with Crippen molar-refractivity contribution < 1.29 is 4.79 Å². The predicted octanol–water partition coefficient (Wildman–Crippen LogP) is 2.78. The summed E-state index contributed by atoms with van der Waals surface area (Å²) in [6.07, 6.45) is 9.55. The highest BCUT2D eigenvalue weighted by atomic mass is 32.1. The van der Waals surface area contributed by atoms with E-state index in [1.807, 2.05) is 29.4 Å². The van der Waals surface area contributed by atoms with Gasteiger partial charge in [0.1, 0.15) is 4.88 Å². The van der Waals surface area contributed by atoms with Gasteiger partial charge < -0.3 is 4.90 Å². The van der Waals surface area contributed by atoms with Gasteiger partial charge in [-0.2, -0.15) is 0 Å². The number of pyridine rings is 1. The molecule has 0 N–H and O–H groups in total. The maximum absolute atomic E-state index is 12.4. The molecule has 1 atom stereocenters. The molecule has 5 heteroatoms. The largest absolute Gasteiger partial charge is 0.335 e. The minimum Gasteiger partial charge on any atom is -0.335 e. The summed E-state index contributed by atoms with van der Waals surface area (Å²) in [7, 11) is 0. The molecular formula is C15H17N3OS. The zero-order valence-electron chi connectivity index (χ0n) is 11.2. The number of aryl methyl sites for hydroxylation is 1. The van der Waals surface area contributed by atoms with Gasteiger partial charge in [0.2, 0.25) is 0 Å². The van der Waals surface area contributed by atoms with E-state index < -0.39 is 0 Å². The third-order valence-corrected chi connectivity index (χ3v) is 4.56. The van der Waals surface area contributed by atoms with Gasteiger partial charge in [0.05, 0.1) is 11.7 Å². The Hall–Kier alpha value is -1.75. The molecule has 1 amide bonds. The van der Waals surface area contributed by atoms with Crippen LogP contribution in [0.25, 0.3) is 0 Å². The van der Waals surface area contributed by atoms with E-state index in [0.717, 1.165) is 37.1 Å². The van der Waals surface area contributed by atoms with Crippen LogP contribution in [-0.2, 0) is 6.42 Å². The average Bonchev–Trinajstić information content (AvgIpc) is 3.17. The summed E-state index contributed by atoms with van der Waals surface area (Å²) >= 11 is 1.42. The second kappa shape index (κ2) is 6.13. The van der Waals surface area contributed by atoms with Crippen molar-refractivity contribution >= 4 is 17.2 Å². The number of amides is 1. The van der Waals surface area contributed by atoms with Crippen molar-refractivity contribution in [3.05, 3.63) is 46.7 Å². The van der Waals surface area contributed by atoms with Crippen LogP contribution in [0.2, 0.25) is 0 Å². The molecule has 0 bridgehead atoms. The average molecular weight is 287 g/mol. The quantitative estimate of drug-likeness (QED) is 0.868. The maximum atomic E-state index is 12.4. The van der Waals surface area contributed by atoms with Gasteiger partial charge in [0, 0.05) is 25.0 Å². The normalized spacial score (nSPS) is 18.4. The van der Waals surface area contributed by atoms with Crippen LogP contribution in [0.5, 0.6) is 0 Å². The van der Waals surface area contributed by atoms with Gasteiger partial charge in [0.15, 0.2) is 0 Å². The lowest BCUT2D eigenvalue weighted by atomic mass is 10.0. The first kappa shape index (κ1) is 13.2. The minimum absolute atomic E-state index is 0.143. The summed E-state index contributed by atoms with van der Waals surface area (Å²) in [4.78, 5) is 23.2. The number of nitrogens with zero attached hydrogens (tertiary/aromatic N) is 3. The van der Waals surface area contributed by atoms with Crippen LogP contribution in [0.3, 0.4) is 0 Å². The molecule has 0 saturated carbocycles. The molecule has 0 radical (unpaired) electrons. The van der Waals surface area contributed by atoms with E-state index in [1.165, 1.54) is 16.9 Å². The van der Waals surface area contributed by atoms with Crippen LogP contribution in [-0.4, -0.2) is 33.4 Å². The molecule has 104 valence electrons. The molecule has 1 saturated heterocycles. The first-order valence-electron chi connectivity index (χ1n) is 6.93. The Morgan fingerprint density at radius 1 is 1.35 bits per heavy atom. The SMILES string of the molecule is O=C(c1cncs1)N1CCC[C@H]1CCc1ccncc1. The highest BCUT2D eigenvalue weighted by Gasteiger charge is 2.29. The fourth-order valence-electron chi connectivity index (χ4n) is 2.75. The molecule has 0 aromatic carbocycles. The Morgan fingerprint density at radius 2 is 2.20 bits per heavy atom. The van der Waals surface area contributed by atoms with Crippen molar-refractivity contribution in [1.29, 1.82) is 0 Å². The second-order valence-corrected chi connectivity index (χ2v) is 5.94. The summed E-state index contributed by atoms with van der Waals surface area (Å²) in [6, 6.07) is 4.45. The number of aromatic nitrogens is 2. The van der Waals surface area contributed by atoms with Crippen LogP contribution >= 0.6 is 11.3 Å². The smallest absolute Gasteiger partial charge is 0.265 e. The molecule has 0 spiro atoms. The molecular weight excluding hydrogens is 270 g/mol. The van der Waals surface area contributed by atoms with Crippen molar-refractivity contribution in [1.82, 2.24) is 14.9 Å². The first-order valence-corrected chi connectivity index (χ1v) is 7.81. The van der Waals surface area contributed by atoms with Gasteiger partial charge in [0.25, 0.3) is 5.91 Å². The van der Waals surface area contributed by atoms with Crippen LogP contribution < -0.4 is 0 Å². The highest BCUT2D eigenvalue weighted by Crippen LogP contribution is 2.24. The van der Waals surface area contributed by atoms with Crippen LogP contribution in [0.15, 0.2) is 36.2 Å². The van der Waals surface area contributed by atoms with E-state index >= 15 is 0 Å². The van der Waals surface area contributed by atoms with E-state index in [0.29, 0.717) is 6.04 Å². The van der Waals surface area contributed by atoms with Crippen LogP contribution in [0, 0.1) is 0 Å². The fourth-order valence-corrected chi connectivity index (χ4v) is 3.32. The lowest BCUT2D eigenvalue weighted by Gasteiger charge is -2.24. The zero-order chi connectivity index (χ0) is 13.8. The van der Waals surface area contributed by atoms with Gasteiger partial charge in [-0.25, -0.2) is 0 Å². The monoisotopic (exact) mass is 287 g/mol. The summed E-state index contributed by atoms with van der Waals surface area (Å²) < 4.78 is 0. The zero-order valence-corrected chi connectivity index (χ0v) is 12.1. The topological polar surface area (TPSA) is 46.1 Å². The minimum atomic E-state index is 0.143. The number of carbonyl (C=O) groups excluding carboxylic acids is 1. The van der Waals surface area contributed by atoms with E-state index in [-0.39, 0.29) is 5.91 Å². The highest BCUT2D eigenvalue weighted by molar-refractivity contribution is 7.11. The van der Waals surface area contributed by atoms with Gasteiger partial charge >= 0.3 is 0 Å². The van der Waals surface area contributed by atoms with E-state index in [4.69, 9.17) is 0 Å². The van der Waals surface area contributed by atoms with Crippen molar-refractivity contribution in [2.75, 3.05) is 6.54 Å². The van der Waals surface area contributed by atoms with Gasteiger partial charge in [-0.05, 0) is 43.4 Å². The molecule has 4 nitrogen and oxygen atoms in total. The number of likely N-dealkylation sites (tertiary alicyclic amines) is 1. The fraction of sp³-hybridized carbons (Fsp3) is 0.400. The summed E-state index contributed by atoms with van der Waals surface area (Å²) in [5, 5.41) is 0. The van der Waals surface area contributed by atoms with E-state index in [9.17, 15) is 4.79 Å². The summed E-state index contributed by atoms with van der Waals surface area (Å²) in [6.45, 7) is 0.873. The molecule has 1 fully saturated rings. The van der Waals surface area contributed by atoms with Crippen LogP contribution in [0.1, 0.15) is 34.5 Å². The van der Waals surface area contributed by atoms with Crippen LogP contribution in [0.4, 0.5) is 0 Å². The second-order valence-electron chi connectivity index (χ2n) is 5.05. The Morgan fingerprint density at radius 3 is 2.95 bits per heavy atom. The Labute approximate surface area is 122 Å². The van der Waals surface area contributed by atoms with Crippen molar-refractivity contribution in [3.8, 4) is 0 Å². The molecule has 2 aromatic heterocycles. The Bertz CT molecular complexity index is 556. The lowest BCUT2D eigenvalue weighted by Crippen LogP contribution is -2.35. The molecule has 0 unspecified atom stereocenters. The first-order chi connectivity index (χ1) is 9.84. The maximum Gasteiger partial charge on any atom is 0.265 e. The number of thiazole rings is 1. The number of hydrogen-bond acceptors (Lipinski definition) is 4. The number of rotatable bonds is 4. The lowest BCUT2D eigenvalue weighted by molar-refractivity contribution is 0.0735. The van der Waals surface area contributed by atoms with E-state index in [1.54, 1.807) is 11.7 Å². The summed E-state index contributed by atoms with van der Waals surface area (Å²) in [5.74, 6) is 0.143. The van der Waals surface area contributed by atoms with Gasteiger partial charge in [-0.3, -0.25) is 14.8 Å². The molecule has 0 aliphatic carbocycles.